The normalized spacial score (nSPS) is 19.2. The molecule has 4 rings (SSSR count). The minimum atomic E-state index is -0.345. The molecule has 0 aliphatic carbocycles. The van der Waals surface area contributed by atoms with Crippen molar-refractivity contribution in [2.75, 3.05) is 0 Å². The van der Waals surface area contributed by atoms with E-state index in [1.165, 1.54) is 15.6 Å². The Hall–Kier alpha value is -1.84. The molecule has 0 saturated carbocycles. The van der Waals surface area contributed by atoms with Gasteiger partial charge in [0.15, 0.2) is 0 Å². The van der Waals surface area contributed by atoms with E-state index >= 15 is 0 Å². The molecule has 1 heterocycles. The predicted octanol–water partition coefficient (Wildman–Crippen LogP) is 5.46. The Balaban J connectivity index is 1.74. The van der Waals surface area contributed by atoms with Crippen molar-refractivity contribution in [3.63, 3.8) is 0 Å². The van der Waals surface area contributed by atoms with Gasteiger partial charge in [-0.2, -0.15) is 0 Å². The predicted molar refractivity (Wildman–Crippen MR) is 131 cm³/mol. The van der Waals surface area contributed by atoms with E-state index in [9.17, 15) is 0 Å². The zero-order valence-corrected chi connectivity index (χ0v) is 20.5. The van der Waals surface area contributed by atoms with Crippen molar-refractivity contribution in [3.05, 3.63) is 102 Å². The summed E-state index contributed by atoms with van der Waals surface area (Å²) in [7, 11) is -0.272. The Kier molecular flexibility index (Phi) is 6.74. The van der Waals surface area contributed by atoms with Crippen LogP contribution in [-0.2, 0) is 15.7 Å². The molecule has 2 atom stereocenters. The van der Waals surface area contributed by atoms with E-state index in [0.717, 1.165) is 6.42 Å². The Morgan fingerprint density at radius 2 is 1.19 bits per heavy atom. The van der Waals surface area contributed by atoms with Gasteiger partial charge in [0.1, 0.15) is 0 Å². The molecule has 3 aromatic rings. The fourth-order valence-electron chi connectivity index (χ4n) is 4.02. The molecule has 0 amide bonds. The van der Waals surface area contributed by atoms with Crippen molar-refractivity contribution >= 4 is 26.5 Å². The van der Waals surface area contributed by atoms with Gasteiger partial charge in [0.25, 0.3) is 0 Å². The van der Waals surface area contributed by atoms with Gasteiger partial charge in [-0.3, -0.25) is 0 Å². The van der Waals surface area contributed by atoms with E-state index in [4.69, 9.17) is 9.31 Å². The molecule has 0 spiro atoms. The van der Waals surface area contributed by atoms with E-state index in [-0.39, 0.29) is 39.1 Å². The fraction of sp³-hybridized carbons (Fsp3) is 0.333. The van der Waals surface area contributed by atoms with E-state index in [0.29, 0.717) is 4.82 Å². The molecule has 1 aliphatic rings. The molecule has 0 N–H and O–H groups in total. The van der Waals surface area contributed by atoms with Crippen molar-refractivity contribution < 1.29 is 9.31 Å². The third kappa shape index (κ3) is 5.15. The van der Waals surface area contributed by atoms with Crippen LogP contribution in [-0.4, -0.2) is 33.3 Å². The van der Waals surface area contributed by atoms with Crippen LogP contribution in [0.4, 0.5) is 0 Å². The van der Waals surface area contributed by atoms with Gasteiger partial charge in [0, 0.05) is 0 Å². The Morgan fingerprint density at radius 1 is 0.710 bits per heavy atom. The quantitative estimate of drug-likeness (QED) is 0.421. The van der Waals surface area contributed by atoms with Crippen molar-refractivity contribution in [1.29, 1.82) is 0 Å². The molecule has 0 aromatic heterocycles. The molecule has 31 heavy (non-hydrogen) atoms. The zero-order chi connectivity index (χ0) is 21.9. The van der Waals surface area contributed by atoms with Gasteiger partial charge in [-0.1, -0.05) is 0 Å². The topological polar surface area (TPSA) is 18.5 Å². The van der Waals surface area contributed by atoms with Crippen molar-refractivity contribution in [2.24, 2.45) is 0 Å². The molecular weight excluding hydrogens is 446 g/mol. The maximum absolute atomic E-state index is 6.62. The van der Waals surface area contributed by atoms with Gasteiger partial charge in [0.05, 0.1) is 0 Å². The summed E-state index contributed by atoms with van der Waals surface area (Å²) >= 11 is 0.265. The SMILES string of the molecule is CC1(C)OB([C@@H](c2ccccc2)[C@H](Cc2ccccc2)[Se]c2ccccc2)OC1(C)C. The van der Waals surface area contributed by atoms with E-state index in [1.807, 2.05) is 0 Å². The summed E-state index contributed by atoms with van der Waals surface area (Å²) in [6.07, 6.45) is 0.999. The average Bonchev–Trinajstić information content (AvgIpc) is 2.97. The molecule has 4 heteroatoms. The Bertz CT molecular complexity index is 903. The molecule has 1 saturated heterocycles. The van der Waals surface area contributed by atoms with Crippen LogP contribution >= 0.6 is 0 Å². The first kappa shape index (κ1) is 22.4. The van der Waals surface area contributed by atoms with E-state index in [2.05, 4.69) is 119 Å². The van der Waals surface area contributed by atoms with Crippen LogP contribution in [0, 0.1) is 0 Å². The Labute approximate surface area is 193 Å². The number of hydrogen-bond acceptors (Lipinski definition) is 2. The molecule has 2 nitrogen and oxygen atoms in total. The maximum atomic E-state index is 6.62. The second-order valence-electron chi connectivity index (χ2n) is 9.22. The van der Waals surface area contributed by atoms with Crippen LogP contribution in [0.1, 0.15) is 44.6 Å². The molecule has 0 radical (unpaired) electrons. The summed E-state index contributed by atoms with van der Waals surface area (Å²) in [5.41, 5.74) is 1.96. The van der Waals surface area contributed by atoms with Crippen LogP contribution in [0.3, 0.4) is 0 Å². The summed E-state index contributed by atoms with van der Waals surface area (Å²) in [4.78, 5) is 0.398. The second-order valence-corrected chi connectivity index (χ2v) is 12.0. The molecular formula is C27H31BO2Se. The minimum absolute atomic E-state index is 0.155. The van der Waals surface area contributed by atoms with E-state index < -0.39 is 0 Å². The monoisotopic (exact) mass is 478 g/mol. The third-order valence-corrected chi connectivity index (χ3v) is 9.20. The molecule has 1 fully saturated rings. The molecule has 0 bridgehead atoms. The van der Waals surface area contributed by atoms with Gasteiger partial charge < -0.3 is 0 Å². The number of rotatable bonds is 7. The zero-order valence-electron chi connectivity index (χ0n) is 18.8. The van der Waals surface area contributed by atoms with Gasteiger partial charge in [-0.25, -0.2) is 0 Å². The first-order valence-corrected chi connectivity index (χ1v) is 12.9. The van der Waals surface area contributed by atoms with Crippen LogP contribution in [0.2, 0.25) is 4.82 Å². The van der Waals surface area contributed by atoms with Crippen LogP contribution in [0.5, 0.6) is 0 Å². The van der Waals surface area contributed by atoms with Crippen molar-refractivity contribution in [3.8, 4) is 0 Å². The number of benzene rings is 3. The van der Waals surface area contributed by atoms with Crippen LogP contribution in [0.15, 0.2) is 91.0 Å². The van der Waals surface area contributed by atoms with E-state index in [1.54, 1.807) is 0 Å². The molecule has 3 aromatic carbocycles. The standard InChI is InChI=1S/C27H31BO2Se/c1-26(2)27(3,4)30-28(29-26)25(22-16-10-6-11-17-22)24(20-21-14-8-5-9-15-21)31-23-18-12-7-13-19-23/h5-19,24-25H,20H2,1-4H3/t24-,25-/m0/s1. The van der Waals surface area contributed by atoms with Crippen molar-refractivity contribution in [2.45, 2.75) is 56.0 Å². The second kappa shape index (κ2) is 9.34. The summed E-state index contributed by atoms with van der Waals surface area (Å²) < 4.78 is 14.7. The molecule has 160 valence electrons. The molecule has 0 unspecified atom stereocenters. The summed E-state index contributed by atoms with van der Waals surface area (Å²) in [5.74, 6) is 0.155. The third-order valence-electron chi connectivity index (χ3n) is 6.46. The first-order chi connectivity index (χ1) is 14.9. The summed E-state index contributed by atoms with van der Waals surface area (Å²) in [6.45, 7) is 8.57. The van der Waals surface area contributed by atoms with Gasteiger partial charge in [-0.15, -0.1) is 0 Å². The number of hydrogen-bond donors (Lipinski definition) is 0. The van der Waals surface area contributed by atoms with Gasteiger partial charge in [0.2, 0.25) is 0 Å². The summed E-state index contributed by atoms with van der Waals surface area (Å²) in [5, 5.41) is 0. The average molecular weight is 477 g/mol. The first-order valence-electron chi connectivity index (χ1n) is 11.0. The van der Waals surface area contributed by atoms with Crippen molar-refractivity contribution in [1.82, 2.24) is 0 Å². The summed E-state index contributed by atoms with van der Waals surface area (Å²) in [6, 6.07) is 32.5. The fourth-order valence-corrected chi connectivity index (χ4v) is 6.90. The van der Waals surface area contributed by atoms with Gasteiger partial charge >= 0.3 is 194 Å². The van der Waals surface area contributed by atoms with Crippen LogP contribution < -0.4 is 4.46 Å². The Morgan fingerprint density at radius 3 is 1.74 bits per heavy atom. The van der Waals surface area contributed by atoms with Crippen LogP contribution in [0.25, 0.3) is 0 Å². The van der Waals surface area contributed by atoms with Gasteiger partial charge in [-0.05, 0) is 0 Å². The molecule has 1 aliphatic heterocycles.